The molecule has 17 heavy (non-hydrogen) atoms. The Kier molecular flexibility index (Phi) is 3.32. The van der Waals surface area contributed by atoms with E-state index in [1.54, 1.807) is 34.0 Å². The first kappa shape index (κ1) is 12.1. The first-order valence-electron chi connectivity index (χ1n) is 4.82. The number of rotatable bonds is 2. The van der Waals surface area contributed by atoms with Crippen molar-refractivity contribution in [1.29, 1.82) is 0 Å². The lowest BCUT2D eigenvalue weighted by molar-refractivity contribution is 0.918. The summed E-state index contributed by atoms with van der Waals surface area (Å²) in [7, 11) is 0. The zero-order valence-corrected chi connectivity index (χ0v) is 13.2. The third-order valence-electron chi connectivity index (χ3n) is 2.44. The number of nitrogens with two attached hydrogens (primary N) is 1. The smallest absolute Gasteiger partial charge is 0.0888 e. The van der Waals surface area contributed by atoms with Gasteiger partial charge in [0.15, 0.2) is 0 Å². The van der Waals surface area contributed by atoms with Crippen molar-refractivity contribution >= 4 is 70.9 Å². The fourth-order valence-corrected chi connectivity index (χ4v) is 5.58. The van der Waals surface area contributed by atoms with Gasteiger partial charge in [0.25, 0.3) is 0 Å². The number of fused-ring (bicyclic) bond motifs is 1. The molecular formula is C11H7BrClNS3. The third kappa shape index (κ3) is 2.20. The van der Waals surface area contributed by atoms with Crippen LogP contribution >= 0.6 is 61.5 Å². The normalized spacial score (nSPS) is 13.4. The van der Waals surface area contributed by atoms with Crippen molar-refractivity contribution in [3.63, 3.8) is 0 Å². The summed E-state index contributed by atoms with van der Waals surface area (Å²) in [6.45, 7) is 0. The maximum absolute atomic E-state index is 6.27. The number of hydrogen-bond donors (Lipinski definition) is 1. The fraction of sp³-hybridized carbons (Fsp3) is 0.0909. The van der Waals surface area contributed by atoms with Gasteiger partial charge < -0.3 is 5.73 Å². The number of halogens is 2. The van der Waals surface area contributed by atoms with E-state index in [1.807, 2.05) is 6.07 Å². The monoisotopic (exact) mass is 363 g/mol. The summed E-state index contributed by atoms with van der Waals surface area (Å²) in [5.74, 6) is 0. The van der Waals surface area contributed by atoms with Crippen molar-refractivity contribution in [1.82, 2.24) is 0 Å². The van der Waals surface area contributed by atoms with Gasteiger partial charge in [-0.15, -0.1) is 34.0 Å². The van der Waals surface area contributed by atoms with Gasteiger partial charge in [0.2, 0.25) is 0 Å². The van der Waals surface area contributed by atoms with Gasteiger partial charge in [0.05, 0.1) is 14.9 Å². The summed E-state index contributed by atoms with van der Waals surface area (Å²) in [5.41, 5.74) is 6.27. The van der Waals surface area contributed by atoms with Crippen molar-refractivity contribution in [2.24, 2.45) is 5.73 Å². The molecule has 1 atom stereocenters. The van der Waals surface area contributed by atoms with Gasteiger partial charge in [-0.3, -0.25) is 0 Å². The Bertz CT molecular complexity index is 621. The van der Waals surface area contributed by atoms with Crippen LogP contribution in [-0.4, -0.2) is 0 Å². The Balaban J connectivity index is 2.01. The molecule has 0 saturated heterocycles. The minimum Gasteiger partial charge on any atom is -0.319 e. The van der Waals surface area contributed by atoms with Crippen LogP contribution in [0.2, 0.25) is 5.02 Å². The molecule has 0 aliphatic carbocycles. The van der Waals surface area contributed by atoms with E-state index < -0.39 is 0 Å². The van der Waals surface area contributed by atoms with E-state index >= 15 is 0 Å². The lowest BCUT2D eigenvalue weighted by Crippen LogP contribution is -2.07. The molecule has 1 nitrogen and oxygen atoms in total. The van der Waals surface area contributed by atoms with Crippen LogP contribution in [0.25, 0.3) is 9.40 Å². The highest BCUT2D eigenvalue weighted by Crippen LogP contribution is 2.40. The lowest BCUT2D eigenvalue weighted by atomic mass is 10.2. The highest BCUT2D eigenvalue weighted by atomic mass is 79.9. The first-order valence-corrected chi connectivity index (χ1v) is 8.51. The predicted octanol–water partition coefficient (Wildman–Crippen LogP) is 5.49. The summed E-state index contributed by atoms with van der Waals surface area (Å²) < 4.78 is 3.56. The van der Waals surface area contributed by atoms with Crippen LogP contribution in [0.1, 0.15) is 15.8 Å². The number of hydrogen-bond acceptors (Lipinski definition) is 4. The van der Waals surface area contributed by atoms with Crippen LogP contribution in [0.3, 0.4) is 0 Å². The van der Waals surface area contributed by atoms with Crippen LogP contribution in [0.15, 0.2) is 27.4 Å². The first-order chi connectivity index (χ1) is 8.15. The minimum absolute atomic E-state index is 0.0756. The largest absolute Gasteiger partial charge is 0.319 e. The van der Waals surface area contributed by atoms with Gasteiger partial charge in [-0.2, -0.15) is 0 Å². The summed E-state index contributed by atoms with van der Waals surface area (Å²) in [6, 6.07) is 6.18. The molecule has 3 aromatic rings. The Labute approximate surface area is 124 Å². The molecule has 0 saturated carbocycles. The molecule has 0 amide bonds. The van der Waals surface area contributed by atoms with Gasteiger partial charge in [-0.25, -0.2) is 0 Å². The van der Waals surface area contributed by atoms with Gasteiger partial charge in [0.1, 0.15) is 0 Å². The quantitative estimate of drug-likeness (QED) is 0.639. The van der Waals surface area contributed by atoms with E-state index in [-0.39, 0.29) is 6.04 Å². The van der Waals surface area contributed by atoms with Gasteiger partial charge in [0, 0.05) is 19.2 Å². The van der Waals surface area contributed by atoms with Crippen molar-refractivity contribution in [3.8, 4) is 0 Å². The van der Waals surface area contributed by atoms with E-state index in [9.17, 15) is 0 Å². The molecule has 0 radical (unpaired) electrons. The van der Waals surface area contributed by atoms with E-state index in [2.05, 4.69) is 33.4 Å². The molecule has 0 fully saturated rings. The van der Waals surface area contributed by atoms with Crippen LogP contribution in [0.4, 0.5) is 0 Å². The zero-order chi connectivity index (χ0) is 12.0. The highest BCUT2D eigenvalue weighted by Gasteiger charge is 2.16. The second kappa shape index (κ2) is 4.64. The Hall–Kier alpha value is 0.0900. The molecule has 0 aliphatic heterocycles. The Morgan fingerprint density at radius 3 is 2.59 bits per heavy atom. The second-order valence-corrected chi connectivity index (χ2v) is 8.42. The molecule has 0 spiro atoms. The van der Waals surface area contributed by atoms with Crippen molar-refractivity contribution < 1.29 is 0 Å². The molecule has 1 unspecified atom stereocenters. The van der Waals surface area contributed by atoms with Gasteiger partial charge >= 0.3 is 0 Å². The molecule has 0 aliphatic rings. The van der Waals surface area contributed by atoms with E-state index in [0.717, 1.165) is 13.7 Å². The minimum atomic E-state index is -0.0756. The molecule has 0 bridgehead atoms. The van der Waals surface area contributed by atoms with Crippen molar-refractivity contribution in [2.75, 3.05) is 0 Å². The lowest BCUT2D eigenvalue weighted by Gasteiger charge is -2.05. The molecule has 3 rings (SSSR count). The average molecular weight is 365 g/mol. The van der Waals surface area contributed by atoms with E-state index in [0.29, 0.717) is 0 Å². The maximum atomic E-state index is 6.27. The molecular weight excluding hydrogens is 358 g/mol. The molecule has 3 heterocycles. The van der Waals surface area contributed by atoms with Crippen molar-refractivity contribution in [3.05, 3.63) is 42.1 Å². The molecule has 0 aromatic carbocycles. The topological polar surface area (TPSA) is 26.0 Å². The summed E-state index contributed by atoms with van der Waals surface area (Å²) in [5, 5.41) is 2.84. The standard InChI is InChI=1S/C11H7BrClNS3/c12-11-5(13)3-8(17-11)10(14)9-4-7-6(16-9)1-2-15-7/h1-4,10H,14H2. The van der Waals surface area contributed by atoms with Crippen LogP contribution in [0.5, 0.6) is 0 Å². The molecule has 3 aromatic heterocycles. The Morgan fingerprint density at radius 2 is 1.94 bits per heavy atom. The zero-order valence-electron chi connectivity index (χ0n) is 8.44. The van der Waals surface area contributed by atoms with Crippen molar-refractivity contribution in [2.45, 2.75) is 6.04 Å². The average Bonchev–Trinajstić information content (AvgIpc) is 2.92. The van der Waals surface area contributed by atoms with Crippen LogP contribution in [-0.2, 0) is 0 Å². The van der Waals surface area contributed by atoms with Gasteiger partial charge in [-0.1, -0.05) is 11.6 Å². The molecule has 6 heteroatoms. The summed E-state index contributed by atoms with van der Waals surface area (Å²) in [6.07, 6.45) is 0. The van der Waals surface area contributed by atoms with E-state index in [4.69, 9.17) is 17.3 Å². The van der Waals surface area contributed by atoms with E-state index in [1.165, 1.54) is 14.3 Å². The third-order valence-corrected chi connectivity index (χ3v) is 7.17. The molecule has 2 N–H and O–H groups in total. The number of thiophene rings is 3. The Morgan fingerprint density at radius 1 is 1.18 bits per heavy atom. The predicted molar refractivity (Wildman–Crippen MR) is 82.8 cm³/mol. The van der Waals surface area contributed by atoms with Crippen LogP contribution in [0, 0.1) is 0 Å². The molecule has 88 valence electrons. The summed E-state index contributed by atoms with van der Waals surface area (Å²) >= 11 is 14.6. The van der Waals surface area contributed by atoms with Gasteiger partial charge in [-0.05, 0) is 39.5 Å². The second-order valence-electron chi connectivity index (χ2n) is 3.55. The fourth-order valence-electron chi connectivity index (χ4n) is 1.59. The SMILES string of the molecule is NC(c1cc(Cl)c(Br)s1)c1cc2sccc2s1. The maximum Gasteiger partial charge on any atom is 0.0888 e. The highest BCUT2D eigenvalue weighted by molar-refractivity contribution is 9.11. The van der Waals surface area contributed by atoms with Crippen LogP contribution < -0.4 is 5.73 Å². The summed E-state index contributed by atoms with van der Waals surface area (Å²) in [4.78, 5) is 2.29.